The number of aromatic nitrogens is 2. The second kappa shape index (κ2) is 15.5. The second-order valence-corrected chi connectivity index (χ2v) is 16.8. The molecule has 0 saturated carbocycles. The molecule has 3 heterocycles. The fraction of sp³-hybridized carbons (Fsp3) is 0.154. The summed E-state index contributed by atoms with van der Waals surface area (Å²) in [5.74, 6) is 2.10. The summed E-state index contributed by atoms with van der Waals surface area (Å²) in [5.41, 5.74) is 10.8. The van der Waals surface area contributed by atoms with E-state index in [4.69, 9.17) is 9.72 Å². The molecule has 0 unspecified atom stereocenters. The van der Waals surface area contributed by atoms with E-state index in [1.807, 2.05) is 12.3 Å². The quantitative estimate of drug-likeness (QED) is 0.149. The molecule has 0 radical (unpaired) electrons. The Balaban J connectivity index is 0.00000469. The van der Waals surface area contributed by atoms with Gasteiger partial charge in [-0.25, -0.2) is 4.98 Å². The van der Waals surface area contributed by atoms with Gasteiger partial charge >= 0.3 is 0 Å². The van der Waals surface area contributed by atoms with E-state index in [9.17, 15) is 0 Å². The van der Waals surface area contributed by atoms with Crippen LogP contribution in [0.15, 0.2) is 158 Å². The van der Waals surface area contributed by atoms with Gasteiger partial charge in [0.25, 0.3) is 0 Å². The van der Waals surface area contributed by atoms with Crippen molar-refractivity contribution >= 4 is 33.2 Å². The predicted octanol–water partition coefficient (Wildman–Crippen LogP) is 13.4. The Kier molecular flexibility index (Phi) is 10.4. The molecule has 9 rings (SSSR count). The molecule has 0 bridgehead atoms. The first-order valence-electron chi connectivity index (χ1n) is 19.5. The Bertz CT molecular complexity index is 2720. The third-order valence-corrected chi connectivity index (χ3v) is 10.7. The number of rotatable bonds is 7. The third-order valence-electron chi connectivity index (χ3n) is 10.7. The van der Waals surface area contributed by atoms with Gasteiger partial charge in [-0.15, -0.1) is 53.6 Å². The Morgan fingerprint density at radius 2 is 1.19 bits per heavy atom. The van der Waals surface area contributed by atoms with Gasteiger partial charge in [-0.3, -0.25) is 0 Å². The van der Waals surface area contributed by atoms with Gasteiger partial charge in [0.05, 0.1) is 0 Å². The van der Waals surface area contributed by atoms with Crippen molar-refractivity contribution in [3.63, 3.8) is 0 Å². The summed E-state index contributed by atoms with van der Waals surface area (Å²) in [4.78, 5) is 9.12. The zero-order chi connectivity index (χ0) is 39.3. The molecule has 58 heavy (non-hydrogen) atoms. The minimum atomic E-state index is -0.135. The van der Waals surface area contributed by atoms with Crippen molar-refractivity contribution in [2.45, 2.75) is 52.4 Å². The molecule has 0 atom stereocenters. The van der Waals surface area contributed by atoms with Gasteiger partial charge in [-0.2, -0.15) is 6.07 Å². The molecule has 292 valence electrons. The van der Waals surface area contributed by atoms with E-state index in [-0.39, 0.29) is 31.9 Å². The zero-order valence-electron chi connectivity index (χ0n) is 33.6. The number of pyridine rings is 1. The molecule has 0 aliphatic carbocycles. The van der Waals surface area contributed by atoms with Gasteiger partial charge in [-0.05, 0) is 92.8 Å². The minimum absolute atomic E-state index is 0. The zero-order valence-corrected chi connectivity index (χ0v) is 35.9. The van der Waals surface area contributed by atoms with E-state index in [0.29, 0.717) is 11.5 Å². The molecule has 0 amide bonds. The number of nitrogens with zero attached hydrogens (tertiary/aromatic N) is 4. The van der Waals surface area contributed by atoms with Crippen LogP contribution >= 0.6 is 0 Å². The van der Waals surface area contributed by atoms with Gasteiger partial charge in [0.1, 0.15) is 5.82 Å². The van der Waals surface area contributed by atoms with E-state index in [2.05, 4.69) is 221 Å². The van der Waals surface area contributed by atoms with Crippen LogP contribution in [0, 0.1) is 18.8 Å². The van der Waals surface area contributed by atoms with E-state index >= 15 is 0 Å². The summed E-state index contributed by atoms with van der Waals surface area (Å²) in [6.07, 6.45) is 6.08. The summed E-state index contributed by atoms with van der Waals surface area (Å²) < 4.78 is 8.90. The van der Waals surface area contributed by atoms with Crippen LogP contribution in [0.25, 0.3) is 49.9 Å². The summed E-state index contributed by atoms with van der Waals surface area (Å²) in [6.45, 7) is 15.5. The average Bonchev–Trinajstić information content (AvgIpc) is 3.84. The smallest absolute Gasteiger partial charge is 0.135 e. The van der Waals surface area contributed by atoms with Gasteiger partial charge in [0.2, 0.25) is 0 Å². The minimum Gasteiger partial charge on any atom is -0.509 e. The maximum absolute atomic E-state index is 6.71. The van der Waals surface area contributed by atoms with E-state index in [1.54, 1.807) is 0 Å². The van der Waals surface area contributed by atoms with Crippen LogP contribution in [-0.4, -0.2) is 9.55 Å². The summed E-state index contributed by atoms with van der Waals surface area (Å²) in [5, 5.41) is 2.24. The molecule has 0 spiro atoms. The summed E-state index contributed by atoms with van der Waals surface area (Å²) in [7, 11) is 0. The molecule has 0 fully saturated rings. The molecule has 1 aliphatic heterocycles. The van der Waals surface area contributed by atoms with Crippen molar-refractivity contribution in [2.75, 3.05) is 9.80 Å². The number of hydrogen-bond donors (Lipinski definition) is 0. The van der Waals surface area contributed by atoms with Crippen LogP contribution in [0.2, 0.25) is 0 Å². The first kappa shape index (κ1) is 38.9. The van der Waals surface area contributed by atoms with Crippen molar-refractivity contribution < 1.29 is 25.8 Å². The van der Waals surface area contributed by atoms with E-state index in [1.165, 1.54) is 16.7 Å². The van der Waals surface area contributed by atoms with Crippen molar-refractivity contribution in [3.05, 3.63) is 188 Å². The molecular formula is C52H45N4OPt-3. The summed E-state index contributed by atoms with van der Waals surface area (Å²) in [6, 6.07) is 56.3. The molecule has 6 aromatic carbocycles. The van der Waals surface area contributed by atoms with E-state index in [0.717, 1.165) is 55.7 Å². The number of hydrogen-bond acceptors (Lipinski definition) is 4. The van der Waals surface area contributed by atoms with Gasteiger partial charge in [0.15, 0.2) is 0 Å². The van der Waals surface area contributed by atoms with Crippen molar-refractivity contribution in [3.8, 4) is 39.6 Å². The van der Waals surface area contributed by atoms with Crippen LogP contribution in [0.4, 0.5) is 11.4 Å². The number of fused-ring (bicyclic) bond motifs is 3. The Morgan fingerprint density at radius 1 is 0.552 bits per heavy atom. The van der Waals surface area contributed by atoms with Crippen LogP contribution in [0.1, 0.15) is 52.7 Å². The SMILES string of the molecule is CC(C)(C)c1cc(Oc2[c-]c3c(cc2)c2ccccc2n3-c2cc(C(C)(C)C)ccn2)[c-]c(N2C=CN(c3cc(-c4ccccc4)cc(-c4ccccc4)c3)[CH-]2)c1.[Pt]. The van der Waals surface area contributed by atoms with Crippen LogP contribution in [-0.2, 0) is 31.9 Å². The molecule has 5 nitrogen and oxygen atoms in total. The number of ether oxygens (including phenoxy) is 1. The fourth-order valence-corrected chi connectivity index (χ4v) is 7.46. The summed E-state index contributed by atoms with van der Waals surface area (Å²) >= 11 is 0. The molecular weight excluding hydrogens is 892 g/mol. The maximum atomic E-state index is 6.71. The molecule has 0 saturated heterocycles. The van der Waals surface area contributed by atoms with Crippen LogP contribution in [0.5, 0.6) is 11.5 Å². The first-order valence-corrected chi connectivity index (χ1v) is 19.5. The van der Waals surface area contributed by atoms with Gasteiger partial charge < -0.3 is 19.1 Å². The normalized spacial score (nSPS) is 13.0. The van der Waals surface area contributed by atoms with Gasteiger partial charge in [-0.1, -0.05) is 126 Å². The first-order chi connectivity index (χ1) is 27.5. The monoisotopic (exact) mass is 936 g/mol. The van der Waals surface area contributed by atoms with Crippen molar-refractivity contribution in [2.24, 2.45) is 0 Å². The topological polar surface area (TPSA) is 33.5 Å². The molecule has 8 aromatic rings. The molecule has 1 aliphatic rings. The largest absolute Gasteiger partial charge is 0.509 e. The average molecular weight is 937 g/mol. The second-order valence-electron chi connectivity index (χ2n) is 16.8. The standard InChI is InChI=1S/C52H45N4O.Pt/c1-51(2,3)40-23-24-53-50(32-40)56-48-20-14-13-19-46(48)47-22-21-44(34-49(47)56)57-45-31-41(52(4,5)6)30-43(33-45)55-26-25-54(35-55)42-28-38(36-15-9-7-10-16-36)27-39(29-42)37-17-11-8-12-18-37;/h7-32,35H,1-6H3;/q-3;. The van der Waals surface area contributed by atoms with Crippen molar-refractivity contribution in [1.29, 1.82) is 0 Å². The Labute approximate surface area is 356 Å². The van der Waals surface area contributed by atoms with Crippen molar-refractivity contribution in [1.82, 2.24) is 9.55 Å². The Morgan fingerprint density at radius 3 is 1.86 bits per heavy atom. The Hall–Kier alpha value is -5.90. The third kappa shape index (κ3) is 7.72. The molecule has 0 N–H and O–H groups in total. The number of anilines is 2. The molecule has 6 heteroatoms. The molecule has 2 aromatic heterocycles. The van der Waals surface area contributed by atoms with Crippen LogP contribution < -0.4 is 14.5 Å². The van der Waals surface area contributed by atoms with Gasteiger partial charge in [0, 0.05) is 50.0 Å². The predicted molar refractivity (Wildman–Crippen MR) is 236 cm³/mol. The number of para-hydroxylation sites is 1. The maximum Gasteiger partial charge on any atom is 0.135 e. The van der Waals surface area contributed by atoms with E-state index < -0.39 is 0 Å². The van der Waals surface area contributed by atoms with Crippen LogP contribution in [0.3, 0.4) is 0 Å². The fourth-order valence-electron chi connectivity index (χ4n) is 7.46. The number of benzene rings is 6.